The van der Waals surface area contributed by atoms with Crippen LogP contribution in [0, 0.1) is 0 Å². The van der Waals surface area contributed by atoms with Crippen molar-refractivity contribution in [2.24, 2.45) is 0 Å². The molecule has 1 spiro atoms. The molecule has 1 saturated heterocycles. The van der Waals surface area contributed by atoms with Crippen LogP contribution in [0.1, 0.15) is 44.6 Å². The Kier molecular flexibility index (Phi) is 4.99. The Morgan fingerprint density at radius 3 is 2.96 bits per heavy atom. The van der Waals surface area contributed by atoms with Gasteiger partial charge in [0.25, 0.3) is 0 Å². The van der Waals surface area contributed by atoms with Gasteiger partial charge in [-0.15, -0.1) is 0 Å². The number of halogens is 1. The zero-order chi connectivity index (χ0) is 19.0. The number of alkyl carbamates (subject to hydrolysis) is 1. The van der Waals surface area contributed by atoms with Gasteiger partial charge in [0.05, 0.1) is 17.0 Å². The van der Waals surface area contributed by atoms with E-state index < -0.39 is 5.41 Å². The van der Waals surface area contributed by atoms with Crippen molar-refractivity contribution < 1.29 is 14.3 Å². The first-order valence-corrected chi connectivity index (χ1v) is 10.0. The Labute approximate surface area is 163 Å². The van der Waals surface area contributed by atoms with Crippen LogP contribution in [0.5, 0.6) is 0 Å². The molecule has 0 unspecified atom stereocenters. The lowest BCUT2D eigenvalue weighted by atomic mass is 9.69. The minimum Gasteiger partial charge on any atom is -0.450 e. The van der Waals surface area contributed by atoms with Crippen LogP contribution in [0.25, 0.3) is 0 Å². The lowest BCUT2D eigenvalue weighted by Crippen LogP contribution is -2.45. The van der Waals surface area contributed by atoms with Gasteiger partial charge in [-0.2, -0.15) is 0 Å². The molecule has 1 saturated carbocycles. The van der Waals surface area contributed by atoms with Crippen LogP contribution in [0.15, 0.2) is 12.3 Å². The predicted octanol–water partition coefficient (Wildman–Crippen LogP) is 2.69. The Bertz CT molecular complexity index is 748. The minimum absolute atomic E-state index is 0.0500. The Hall–Kier alpha value is -1.86. The summed E-state index contributed by atoms with van der Waals surface area (Å²) in [7, 11) is 0. The van der Waals surface area contributed by atoms with Crippen molar-refractivity contribution in [2.75, 3.05) is 25.0 Å². The van der Waals surface area contributed by atoms with Gasteiger partial charge >= 0.3 is 6.09 Å². The highest BCUT2D eigenvalue weighted by atomic mass is 35.5. The second kappa shape index (κ2) is 7.28. The van der Waals surface area contributed by atoms with Gasteiger partial charge in [-0.1, -0.05) is 11.6 Å². The van der Waals surface area contributed by atoms with Gasteiger partial charge in [-0.3, -0.25) is 9.69 Å². The van der Waals surface area contributed by atoms with E-state index in [1.807, 2.05) is 6.07 Å². The van der Waals surface area contributed by atoms with Crippen molar-refractivity contribution in [3.8, 4) is 0 Å². The van der Waals surface area contributed by atoms with Gasteiger partial charge in [0.2, 0.25) is 5.91 Å². The van der Waals surface area contributed by atoms with Crippen LogP contribution < -0.4 is 10.6 Å². The minimum atomic E-state index is -0.494. The van der Waals surface area contributed by atoms with Crippen LogP contribution in [0.4, 0.5) is 10.6 Å². The number of hydrogen-bond acceptors (Lipinski definition) is 5. The smallest absolute Gasteiger partial charge is 0.407 e. The molecule has 0 bridgehead atoms. The van der Waals surface area contributed by atoms with E-state index in [4.69, 9.17) is 16.3 Å². The summed E-state index contributed by atoms with van der Waals surface area (Å²) in [5.41, 5.74) is 0.452. The molecule has 2 N–H and O–H groups in total. The molecule has 1 atom stereocenters. The fraction of sp³-hybridized carbons (Fsp3) is 0.632. The summed E-state index contributed by atoms with van der Waals surface area (Å²) in [6.45, 7) is 3.99. The largest absolute Gasteiger partial charge is 0.450 e. The van der Waals surface area contributed by atoms with Crippen LogP contribution in [0.2, 0.25) is 5.02 Å². The molecule has 2 aliphatic heterocycles. The normalized spacial score (nSPS) is 30.2. The number of amides is 2. The van der Waals surface area contributed by atoms with E-state index >= 15 is 0 Å². The lowest BCUT2D eigenvalue weighted by Gasteiger charge is -2.39. The van der Waals surface area contributed by atoms with Gasteiger partial charge < -0.3 is 15.4 Å². The summed E-state index contributed by atoms with van der Waals surface area (Å²) in [6.07, 6.45) is 5.67. The number of hydrogen-bond donors (Lipinski definition) is 2. The monoisotopic (exact) mass is 392 g/mol. The summed E-state index contributed by atoms with van der Waals surface area (Å²) in [5.74, 6) is 0.705. The fourth-order valence-corrected chi connectivity index (χ4v) is 4.94. The summed E-state index contributed by atoms with van der Waals surface area (Å²) < 4.78 is 4.97. The zero-order valence-corrected chi connectivity index (χ0v) is 16.2. The number of nitrogens with zero attached hydrogens (tertiary/aromatic N) is 2. The summed E-state index contributed by atoms with van der Waals surface area (Å²) >= 11 is 6.13. The van der Waals surface area contributed by atoms with Crippen LogP contribution >= 0.6 is 11.6 Å². The number of ether oxygens (including phenoxy) is 1. The van der Waals surface area contributed by atoms with E-state index in [0.717, 1.165) is 50.8 Å². The summed E-state index contributed by atoms with van der Waals surface area (Å²) in [5, 5.41) is 6.43. The van der Waals surface area contributed by atoms with Gasteiger partial charge in [-0.25, -0.2) is 9.78 Å². The molecule has 1 aromatic rings. The standard InChI is InChI=1S/C19H25ClN4O3/c1-2-27-18(26)22-13-5-8-24(11-13)14-3-6-19(7-4-14)15-9-12(20)10-21-16(15)23-17(19)25/h9-10,13-14H,2-8,11H2,1H3,(H,22,26)(H,21,23,25)/t13-,14?,19?/m0/s1. The van der Waals surface area contributed by atoms with Crippen LogP contribution in [-0.2, 0) is 14.9 Å². The van der Waals surface area contributed by atoms with Crippen molar-refractivity contribution in [1.29, 1.82) is 0 Å². The lowest BCUT2D eigenvalue weighted by molar-refractivity contribution is -0.122. The maximum absolute atomic E-state index is 12.7. The first-order valence-electron chi connectivity index (χ1n) is 9.66. The van der Waals surface area contributed by atoms with Crippen molar-refractivity contribution in [1.82, 2.24) is 15.2 Å². The number of nitrogens with one attached hydrogen (secondary N) is 2. The molecule has 7 nitrogen and oxygen atoms in total. The van der Waals surface area contributed by atoms with E-state index in [1.165, 1.54) is 0 Å². The maximum Gasteiger partial charge on any atom is 0.407 e. The van der Waals surface area contributed by atoms with E-state index in [2.05, 4.69) is 20.5 Å². The predicted molar refractivity (Wildman–Crippen MR) is 102 cm³/mol. The SMILES string of the molecule is CCOC(=O)N[C@H]1CCN(C2CCC3(CC2)C(=O)Nc2ncc(Cl)cc23)C1. The third-order valence-electron chi connectivity index (χ3n) is 6.18. The molecular weight excluding hydrogens is 368 g/mol. The number of anilines is 1. The maximum atomic E-state index is 12.7. The number of fused-ring (bicyclic) bond motifs is 2. The molecule has 3 heterocycles. The van der Waals surface area contributed by atoms with Crippen molar-refractivity contribution in [3.05, 3.63) is 22.8 Å². The highest BCUT2D eigenvalue weighted by molar-refractivity contribution is 6.30. The van der Waals surface area contributed by atoms with Crippen molar-refractivity contribution >= 4 is 29.4 Å². The number of likely N-dealkylation sites (tertiary alicyclic amines) is 1. The van der Waals surface area contributed by atoms with E-state index in [0.29, 0.717) is 23.5 Å². The molecule has 4 rings (SSSR count). The molecule has 1 aliphatic carbocycles. The number of carbonyl (C=O) groups excluding carboxylic acids is 2. The summed E-state index contributed by atoms with van der Waals surface area (Å²) in [6, 6.07) is 2.46. The van der Waals surface area contributed by atoms with Crippen molar-refractivity contribution in [3.63, 3.8) is 0 Å². The molecule has 146 valence electrons. The van der Waals surface area contributed by atoms with E-state index in [9.17, 15) is 9.59 Å². The average Bonchev–Trinajstić information content (AvgIpc) is 3.20. The Balaban J connectivity index is 1.38. The van der Waals surface area contributed by atoms with Crippen molar-refractivity contribution in [2.45, 2.75) is 56.5 Å². The third kappa shape index (κ3) is 3.38. The number of carbonyl (C=O) groups is 2. The number of rotatable bonds is 3. The molecule has 0 radical (unpaired) electrons. The van der Waals surface area contributed by atoms with E-state index in [1.54, 1.807) is 13.1 Å². The first-order chi connectivity index (χ1) is 13.0. The highest BCUT2D eigenvalue weighted by Crippen LogP contribution is 2.48. The second-order valence-corrected chi connectivity index (χ2v) is 8.10. The topological polar surface area (TPSA) is 83.6 Å². The average molecular weight is 393 g/mol. The summed E-state index contributed by atoms with van der Waals surface area (Å²) in [4.78, 5) is 31.1. The van der Waals surface area contributed by atoms with Crippen LogP contribution in [0.3, 0.4) is 0 Å². The Morgan fingerprint density at radius 1 is 1.44 bits per heavy atom. The molecule has 2 fully saturated rings. The van der Waals surface area contributed by atoms with Gasteiger partial charge in [0.15, 0.2) is 0 Å². The number of pyridine rings is 1. The zero-order valence-electron chi connectivity index (χ0n) is 15.5. The highest BCUT2D eigenvalue weighted by Gasteiger charge is 2.50. The molecule has 1 aromatic heterocycles. The van der Waals surface area contributed by atoms with Crippen LogP contribution in [-0.4, -0.2) is 53.7 Å². The molecule has 0 aromatic carbocycles. The molecular formula is C19H25ClN4O3. The van der Waals surface area contributed by atoms with Gasteiger partial charge in [0, 0.05) is 36.9 Å². The molecule has 3 aliphatic rings. The molecule has 27 heavy (non-hydrogen) atoms. The molecule has 8 heteroatoms. The van der Waals surface area contributed by atoms with E-state index in [-0.39, 0.29) is 18.0 Å². The van der Waals surface area contributed by atoms with Gasteiger partial charge in [0.1, 0.15) is 5.82 Å². The molecule has 2 amide bonds. The number of aromatic nitrogens is 1. The second-order valence-electron chi connectivity index (χ2n) is 7.66. The Morgan fingerprint density at radius 2 is 2.22 bits per heavy atom. The van der Waals surface area contributed by atoms with Gasteiger partial charge in [-0.05, 0) is 45.1 Å². The first kappa shape index (κ1) is 18.5. The third-order valence-corrected chi connectivity index (χ3v) is 6.39. The quantitative estimate of drug-likeness (QED) is 0.826. The fourth-order valence-electron chi connectivity index (χ4n) is 4.79.